The Kier molecular flexibility index (Phi) is 6.27. The van der Waals surface area contributed by atoms with Crippen LogP contribution < -0.4 is 19.5 Å². The smallest absolute Gasteiger partial charge is 0.255 e. The van der Waals surface area contributed by atoms with E-state index in [4.69, 9.17) is 14.2 Å². The number of aromatic nitrogens is 1. The predicted molar refractivity (Wildman–Crippen MR) is 105 cm³/mol. The van der Waals surface area contributed by atoms with Crippen LogP contribution in [0.25, 0.3) is 0 Å². The number of rotatable bonds is 8. The van der Waals surface area contributed by atoms with Crippen molar-refractivity contribution in [2.24, 2.45) is 0 Å². The first-order chi connectivity index (χ1) is 13.2. The van der Waals surface area contributed by atoms with E-state index in [-0.39, 0.29) is 5.91 Å². The molecule has 0 bridgehead atoms. The van der Waals surface area contributed by atoms with Crippen LogP contribution in [-0.4, -0.2) is 24.6 Å². The van der Waals surface area contributed by atoms with Crippen LogP contribution in [-0.2, 0) is 6.61 Å². The highest BCUT2D eigenvalue weighted by atomic mass is 32.1. The maximum absolute atomic E-state index is 12.5. The summed E-state index contributed by atoms with van der Waals surface area (Å²) in [6, 6.07) is 12.3. The van der Waals surface area contributed by atoms with E-state index < -0.39 is 0 Å². The number of anilines is 1. The lowest BCUT2D eigenvalue weighted by molar-refractivity contribution is 0.102. The van der Waals surface area contributed by atoms with Crippen molar-refractivity contribution < 1.29 is 19.0 Å². The maximum atomic E-state index is 12.5. The Hall–Kier alpha value is -3.06. The lowest BCUT2D eigenvalue weighted by Crippen LogP contribution is -2.12. The van der Waals surface area contributed by atoms with Gasteiger partial charge in [-0.05, 0) is 49.4 Å². The van der Waals surface area contributed by atoms with Gasteiger partial charge in [0.25, 0.3) is 5.91 Å². The number of carbonyl (C=O) groups excluding carboxylic acids is 1. The summed E-state index contributed by atoms with van der Waals surface area (Å²) in [5.41, 5.74) is 3.76. The van der Waals surface area contributed by atoms with Crippen molar-refractivity contribution in [2.75, 3.05) is 19.0 Å². The summed E-state index contributed by atoms with van der Waals surface area (Å²) in [5, 5.41) is 4.77. The lowest BCUT2D eigenvalue weighted by Gasteiger charge is -2.12. The molecular weight excluding hydrogens is 364 g/mol. The van der Waals surface area contributed by atoms with Gasteiger partial charge >= 0.3 is 0 Å². The topological polar surface area (TPSA) is 69.7 Å². The molecule has 0 aliphatic heterocycles. The van der Waals surface area contributed by atoms with E-state index in [1.807, 2.05) is 24.4 Å². The Labute approximate surface area is 161 Å². The van der Waals surface area contributed by atoms with Crippen molar-refractivity contribution in [1.82, 2.24) is 4.98 Å². The van der Waals surface area contributed by atoms with E-state index in [9.17, 15) is 4.79 Å². The SMILES string of the molecule is CCOc1ccc(NC(=O)c2ccc(OCc3cscn3)c(OC)c2)cc1. The molecule has 0 aliphatic carbocycles. The van der Waals surface area contributed by atoms with Gasteiger partial charge in [0.1, 0.15) is 12.4 Å². The van der Waals surface area contributed by atoms with Gasteiger partial charge in [-0.2, -0.15) is 0 Å². The minimum atomic E-state index is -0.233. The molecule has 140 valence electrons. The highest BCUT2D eigenvalue weighted by molar-refractivity contribution is 7.07. The number of benzene rings is 2. The van der Waals surface area contributed by atoms with Gasteiger partial charge in [-0.1, -0.05) is 0 Å². The predicted octanol–water partition coefficient (Wildman–Crippen LogP) is 4.38. The van der Waals surface area contributed by atoms with Crippen LogP contribution in [0, 0.1) is 0 Å². The summed E-state index contributed by atoms with van der Waals surface area (Å²) in [6.07, 6.45) is 0. The summed E-state index contributed by atoms with van der Waals surface area (Å²) in [6.45, 7) is 2.87. The quantitative estimate of drug-likeness (QED) is 0.624. The average molecular weight is 384 g/mol. The molecule has 27 heavy (non-hydrogen) atoms. The molecule has 2 aromatic carbocycles. The monoisotopic (exact) mass is 384 g/mol. The second-order valence-electron chi connectivity index (χ2n) is 5.55. The number of nitrogens with zero attached hydrogens (tertiary/aromatic N) is 1. The molecule has 3 aromatic rings. The number of methoxy groups -OCH3 is 1. The van der Waals surface area contributed by atoms with E-state index in [1.165, 1.54) is 11.3 Å². The zero-order valence-corrected chi connectivity index (χ0v) is 15.9. The standard InChI is InChI=1S/C20H20N2O4S/c1-3-25-17-7-5-15(6-8-17)22-20(23)14-4-9-18(19(10-14)24-2)26-11-16-12-27-13-21-16/h4-10,12-13H,3,11H2,1-2H3,(H,22,23). The Balaban J connectivity index is 1.67. The Morgan fingerprint density at radius 3 is 2.59 bits per heavy atom. The number of ether oxygens (including phenoxy) is 3. The minimum absolute atomic E-state index is 0.233. The molecule has 3 rings (SSSR count). The first-order valence-corrected chi connectivity index (χ1v) is 9.36. The molecule has 0 aliphatic rings. The highest BCUT2D eigenvalue weighted by Crippen LogP contribution is 2.29. The zero-order chi connectivity index (χ0) is 19.1. The van der Waals surface area contributed by atoms with Crippen molar-refractivity contribution in [2.45, 2.75) is 13.5 Å². The number of hydrogen-bond donors (Lipinski definition) is 1. The minimum Gasteiger partial charge on any atom is -0.494 e. The van der Waals surface area contributed by atoms with E-state index in [2.05, 4.69) is 10.3 Å². The Morgan fingerprint density at radius 1 is 1.11 bits per heavy atom. The molecule has 1 heterocycles. The number of amides is 1. The van der Waals surface area contributed by atoms with Gasteiger partial charge in [-0.25, -0.2) is 4.98 Å². The van der Waals surface area contributed by atoms with Crippen molar-refractivity contribution in [3.8, 4) is 17.2 Å². The fourth-order valence-corrected chi connectivity index (χ4v) is 2.94. The highest BCUT2D eigenvalue weighted by Gasteiger charge is 2.12. The number of carbonyl (C=O) groups is 1. The van der Waals surface area contributed by atoms with Gasteiger partial charge in [-0.15, -0.1) is 11.3 Å². The number of hydrogen-bond acceptors (Lipinski definition) is 6. The van der Waals surface area contributed by atoms with Crippen LogP contribution in [0.4, 0.5) is 5.69 Å². The first-order valence-electron chi connectivity index (χ1n) is 8.41. The fourth-order valence-electron chi connectivity index (χ4n) is 2.39. The van der Waals surface area contributed by atoms with Crippen LogP contribution in [0.2, 0.25) is 0 Å². The summed E-state index contributed by atoms with van der Waals surface area (Å²) in [4.78, 5) is 16.7. The van der Waals surface area contributed by atoms with E-state index in [0.29, 0.717) is 36.0 Å². The van der Waals surface area contributed by atoms with Crippen LogP contribution >= 0.6 is 11.3 Å². The summed E-state index contributed by atoms with van der Waals surface area (Å²) in [7, 11) is 1.54. The lowest BCUT2D eigenvalue weighted by atomic mass is 10.1. The molecule has 0 atom stereocenters. The van der Waals surface area contributed by atoms with E-state index in [0.717, 1.165) is 11.4 Å². The van der Waals surface area contributed by atoms with Crippen LogP contribution in [0.3, 0.4) is 0 Å². The largest absolute Gasteiger partial charge is 0.494 e. The number of thiazole rings is 1. The molecule has 0 fully saturated rings. The van der Waals surface area contributed by atoms with Crippen molar-refractivity contribution in [3.05, 3.63) is 64.6 Å². The van der Waals surface area contributed by atoms with Gasteiger partial charge in [0, 0.05) is 16.6 Å². The summed E-state index contributed by atoms with van der Waals surface area (Å²) in [5.74, 6) is 1.58. The third kappa shape index (κ3) is 4.98. The molecule has 1 N–H and O–H groups in total. The van der Waals surface area contributed by atoms with Gasteiger partial charge in [-0.3, -0.25) is 4.79 Å². The van der Waals surface area contributed by atoms with Gasteiger partial charge < -0.3 is 19.5 Å². The molecule has 0 unspecified atom stereocenters. The summed E-state index contributed by atoms with van der Waals surface area (Å²) < 4.78 is 16.5. The Bertz CT molecular complexity index is 880. The third-order valence-corrected chi connectivity index (χ3v) is 4.34. The molecule has 0 spiro atoms. The first kappa shape index (κ1) is 18.7. The molecule has 1 aromatic heterocycles. The molecule has 6 nitrogen and oxygen atoms in total. The molecule has 0 saturated carbocycles. The van der Waals surface area contributed by atoms with Crippen molar-refractivity contribution in [1.29, 1.82) is 0 Å². The maximum Gasteiger partial charge on any atom is 0.255 e. The molecule has 0 radical (unpaired) electrons. The molecule has 0 saturated heterocycles. The van der Waals surface area contributed by atoms with Crippen molar-refractivity contribution >= 4 is 22.9 Å². The van der Waals surface area contributed by atoms with Gasteiger partial charge in [0.2, 0.25) is 0 Å². The van der Waals surface area contributed by atoms with Crippen LogP contribution in [0.1, 0.15) is 23.0 Å². The third-order valence-electron chi connectivity index (χ3n) is 3.71. The second kappa shape index (κ2) is 9.05. The fraction of sp³-hybridized carbons (Fsp3) is 0.200. The molecule has 7 heteroatoms. The zero-order valence-electron chi connectivity index (χ0n) is 15.1. The summed E-state index contributed by atoms with van der Waals surface area (Å²) >= 11 is 1.51. The average Bonchev–Trinajstić information content (AvgIpc) is 3.21. The number of nitrogens with one attached hydrogen (secondary N) is 1. The second-order valence-corrected chi connectivity index (χ2v) is 6.26. The van der Waals surface area contributed by atoms with Gasteiger partial charge in [0.05, 0.1) is 24.9 Å². The van der Waals surface area contributed by atoms with Gasteiger partial charge in [0.15, 0.2) is 11.5 Å². The molecular formula is C20H20N2O4S. The van der Waals surface area contributed by atoms with Crippen molar-refractivity contribution in [3.63, 3.8) is 0 Å². The van der Waals surface area contributed by atoms with E-state index >= 15 is 0 Å². The van der Waals surface area contributed by atoms with E-state index in [1.54, 1.807) is 43.0 Å². The Morgan fingerprint density at radius 2 is 1.93 bits per heavy atom. The molecule has 1 amide bonds. The van der Waals surface area contributed by atoms with Crippen LogP contribution in [0.15, 0.2) is 53.4 Å². The normalized spacial score (nSPS) is 10.3. The van der Waals surface area contributed by atoms with Crippen LogP contribution in [0.5, 0.6) is 17.2 Å².